The first kappa shape index (κ1) is 34.5. The zero-order chi connectivity index (χ0) is 28.6. The van der Waals surface area contributed by atoms with E-state index in [1.807, 2.05) is 95.2 Å². The number of carboxylic acid groups (broad SMARTS) is 2. The fourth-order valence-corrected chi connectivity index (χ4v) is 3.59. The standard InChI is InChI=1S/2C15H22O3.Ni/c2*1-14(2,3)9-7-10(13(17)18)12(16)11(8-9)15(4,5)6;/h2*7-8,16H,1-6H3,(H,17,18);/q;;+2/p-2. The molecule has 0 aliphatic rings. The number of benzene rings is 2. The van der Waals surface area contributed by atoms with Crippen molar-refractivity contribution in [2.24, 2.45) is 0 Å². The molecular weight excluding hydrogens is 515 g/mol. The summed E-state index contributed by atoms with van der Waals surface area (Å²) in [5.74, 6) is -3.06. The monoisotopic (exact) mass is 556 g/mol. The van der Waals surface area contributed by atoms with Crippen molar-refractivity contribution in [2.75, 3.05) is 0 Å². The number of aromatic hydroxyl groups is 2. The van der Waals surface area contributed by atoms with Crippen LogP contribution in [0.5, 0.6) is 11.5 Å². The second kappa shape index (κ2) is 11.5. The molecule has 0 amide bonds. The van der Waals surface area contributed by atoms with Crippen LogP contribution < -0.4 is 10.2 Å². The van der Waals surface area contributed by atoms with Crippen LogP contribution in [0, 0.1) is 0 Å². The van der Waals surface area contributed by atoms with Crippen LogP contribution >= 0.6 is 0 Å². The fraction of sp³-hybridized carbons (Fsp3) is 0.533. The molecule has 0 aliphatic heterocycles. The van der Waals surface area contributed by atoms with E-state index in [1.54, 1.807) is 0 Å². The Hall–Kier alpha value is -2.53. The average molecular weight is 557 g/mol. The van der Waals surface area contributed by atoms with Crippen LogP contribution in [-0.2, 0) is 38.2 Å². The van der Waals surface area contributed by atoms with E-state index < -0.39 is 11.9 Å². The van der Waals surface area contributed by atoms with Gasteiger partial charge in [-0.15, -0.1) is 0 Å². The van der Waals surface area contributed by atoms with E-state index in [0.29, 0.717) is 11.1 Å². The third-order valence-electron chi connectivity index (χ3n) is 6.01. The Morgan fingerprint density at radius 3 is 0.946 bits per heavy atom. The van der Waals surface area contributed by atoms with Crippen LogP contribution in [-0.4, -0.2) is 22.2 Å². The first-order valence-electron chi connectivity index (χ1n) is 12.1. The van der Waals surface area contributed by atoms with Gasteiger partial charge in [0.2, 0.25) is 0 Å². The van der Waals surface area contributed by atoms with E-state index in [-0.39, 0.29) is 60.8 Å². The summed E-state index contributed by atoms with van der Waals surface area (Å²) in [6.07, 6.45) is 0. The summed E-state index contributed by atoms with van der Waals surface area (Å²) >= 11 is 0. The number of phenols is 2. The van der Waals surface area contributed by atoms with Crippen molar-refractivity contribution in [1.29, 1.82) is 0 Å². The summed E-state index contributed by atoms with van der Waals surface area (Å²) in [6.45, 7) is 23.7. The smallest absolute Gasteiger partial charge is 0.545 e. The molecule has 2 rings (SSSR count). The zero-order valence-corrected chi connectivity index (χ0v) is 25.1. The molecule has 0 saturated heterocycles. The normalized spacial score (nSPS) is 12.2. The topological polar surface area (TPSA) is 121 Å². The number of hydrogen-bond donors (Lipinski definition) is 2. The Morgan fingerprint density at radius 2 is 0.784 bits per heavy atom. The van der Waals surface area contributed by atoms with Crippen molar-refractivity contribution in [3.05, 3.63) is 57.6 Å². The molecule has 0 spiro atoms. The fourth-order valence-electron chi connectivity index (χ4n) is 3.59. The number of carbonyl (C=O) groups is 2. The van der Waals surface area contributed by atoms with Crippen LogP contribution in [0.15, 0.2) is 24.3 Å². The summed E-state index contributed by atoms with van der Waals surface area (Å²) in [7, 11) is 0. The Labute approximate surface area is 232 Å². The van der Waals surface area contributed by atoms with E-state index in [9.17, 15) is 30.0 Å². The van der Waals surface area contributed by atoms with Gasteiger partial charge >= 0.3 is 16.5 Å². The van der Waals surface area contributed by atoms with Crippen molar-refractivity contribution < 1.29 is 46.5 Å². The molecule has 0 saturated carbocycles. The SMILES string of the molecule is CC(C)(C)c1cc(C(=O)[O-])c(O)c(C(C)(C)C)c1.CC(C)(C)c1cc(C(=O)[O-])c(O)c(C(C)(C)C)c1.[Ni+2]. The van der Waals surface area contributed by atoms with Crippen molar-refractivity contribution in [1.82, 2.24) is 0 Å². The van der Waals surface area contributed by atoms with Gasteiger partial charge in [-0.25, -0.2) is 0 Å². The average Bonchev–Trinajstić information content (AvgIpc) is 2.64. The predicted molar refractivity (Wildman–Crippen MR) is 140 cm³/mol. The van der Waals surface area contributed by atoms with Gasteiger partial charge in [0.25, 0.3) is 0 Å². The van der Waals surface area contributed by atoms with Gasteiger partial charge in [0, 0.05) is 22.3 Å². The summed E-state index contributed by atoms with van der Waals surface area (Å²) < 4.78 is 0. The van der Waals surface area contributed by atoms with Gasteiger partial charge in [-0.1, -0.05) is 95.2 Å². The van der Waals surface area contributed by atoms with Crippen LogP contribution in [0.4, 0.5) is 0 Å². The number of rotatable bonds is 2. The molecule has 0 unspecified atom stereocenters. The first-order valence-corrected chi connectivity index (χ1v) is 12.1. The maximum absolute atomic E-state index is 11.1. The molecule has 0 atom stereocenters. The zero-order valence-electron chi connectivity index (χ0n) is 24.2. The maximum Gasteiger partial charge on any atom is 2.00 e. The Morgan fingerprint density at radius 1 is 0.541 bits per heavy atom. The van der Waals surface area contributed by atoms with Crippen LogP contribution in [0.2, 0.25) is 0 Å². The van der Waals surface area contributed by atoms with Gasteiger partial charge in [-0.05, 0) is 44.9 Å². The summed E-state index contributed by atoms with van der Waals surface area (Å²) in [5, 5.41) is 42.3. The number of carboxylic acids is 2. The molecule has 6 nitrogen and oxygen atoms in total. The first-order chi connectivity index (χ1) is 15.9. The minimum absolute atomic E-state index is 0. The molecule has 0 bridgehead atoms. The molecular formula is C30H42NiO6. The second-order valence-corrected chi connectivity index (χ2v) is 13.4. The molecule has 0 fully saturated rings. The van der Waals surface area contributed by atoms with E-state index in [1.165, 1.54) is 12.1 Å². The Kier molecular flexibility index (Phi) is 10.7. The second-order valence-electron chi connectivity index (χ2n) is 13.4. The largest absolute Gasteiger partial charge is 2.00 e. The molecule has 37 heavy (non-hydrogen) atoms. The van der Waals surface area contributed by atoms with Gasteiger partial charge < -0.3 is 30.0 Å². The quantitative estimate of drug-likeness (QED) is 0.517. The minimum atomic E-state index is -1.34. The van der Waals surface area contributed by atoms with E-state index in [4.69, 9.17) is 0 Å². The van der Waals surface area contributed by atoms with Crippen LogP contribution in [0.25, 0.3) is 0 Å². The summed E-state index contributed by atoms with van der Waals surface area (Å²) in [6, 6.07) is 6.75. The number of hydrogen-bond acceptors (Lipinski definition) is 6. The van der Waals surface area contributed by atoms with Gasteiger partial charge in [-0.2, -0.15) is 0 Å². The molecule has 7 heteroatoms. The molecule has 208 valence electrons. The third-order valence-corrected chi connectivity index (χ3v) is 6.01. The molecule has 2 N–H and O–H groups in total. The maximum atomic E-state index is 11.1. The molecule has 0 aliphatic carbocycles. The van der Waals surface area contributed by atoms with E-state index >= 15 is 0 Å². The van der Waals surface area contributed by atoms with Gasteiger partial charge in [-0.3, -0.25) is 0 Å². The Balaban J connectivity index is 0.000000682. The molecule has 2 aromatic carbocycles. The minimum Gasteiger partial charge on any atom is -0.545 e. The molecule has 0 radical (unpaired) electrons. The number of carbonyl (C=O) groups excluding carboxylic acids is 2. The molecule has 0 heterocycles. The van der Waals surface area contributed by atoms with Crippen LogP contribution in [0.1, 0.15) is 126 Å². The third kappa shape index (κ3) is 8.77. The van der Waals surface area contributed by atoms with E-state index in [2.05, 4.69) is 0 Å². The number of aromatic carboxylic acids is 2. The van der Waals surface area contributed by atoms with Crippen molar-refractivity contribution in [3.8, 4) is 11.5 Å². The summed E-state index contributed by atoms with van der Waals surface area (Å²) in [4.78, 5) is 22.2. The Bertz CT molecular complexity index is 1050. The van der Waals surface area contributed by atoms with Crippen molar-refractivity contribution in [3.63, 3.8) is 0 Å². The van der Waals surface area contributed by atoms with Crippen LogP contribution in [0.3, 0.4) is 0 Å². The van der Waals surface area contributed by atoms with Gasteiger partial charge in [0.05, 0.1) is 11.9 Å². The summed E-state index contributed by atoms with van der Waals surface area (Å²) in [5.41, 5.74) is 1.75. The van der Waals surface area contributed by atoms with E-state index in [0.717, 1.165) is 11.1 Å². The molecule has 0 aromatic heterocycles. The van der Waals surface area contributed by atoms with Gasteiger partial charge in [0.15, 0.2) is 0 Å². The van der Waals surface area contributed by atoms with Crippen molar-refractivity contribution in [2.45, 2.75) is 105 Å². The van der Waals surface area contributed by atoms with Gasteiger partial charge in [0.1, 0.15) is 11.5 Å². The molecule has 2 aromatic rings. The predicted octanol–water partition coefficient (Wildman–Crippen LogP) is 4.70. The van der Waals surface area contributed by atoms with Crippen molar-refractivity contribution >= 4 is 11.9 Å².